The van der Waals surface area contributed by atoms with Crippen molar-refractivity contribution >= 4 is 48.9 Å². The Balaban J connectivity index is 1.79. The van der Waals surface area contributed by atoms with Crippen LogP contribution in [0.3, 0.4) is 0 Å². The Morgan fingerprint density at radius 2 is 1.81 bits per heavy atom. The molecule has 2 N–H and O–H groups in total. The van der Waals surface area contributed by atoms with E-state index in [4.69, 9.17) is 11.6 Å². The number of hydrogen-bond donors (Lipinski definition) is 3. The van der Waals surface area contributed by atoms with E-state index >= 15 is 0 Å². The fourth-order valence-electron chi connectivity index (χ4n) is 2.66. The Morgan fingerprint density at radius 1 is 1.08 bits per heavy atom. The Morgan fingerprint density at radius 3 is 2.50 bits per heavy atom. The van der Waals surface area contributed by atoms with Crippen molar-refractivity contribution in [3.8, 4) is 0 Å². The summed E-state index contributed by atoms with van der Waals surface area (Å²) in [4.78, 5) is 3.09. The van der Waals surface area contributed by atoms with Gasteiger partial charge in [0, 0.05) is 17.3 Å². The second-order valence-electron chi connectivity index (χ2n) is 5.77. The highest BCUT2D eigenvalue weighted by molar-refractivity contribution is 7.92. The number of halogens is 1. The van der Waals surface area contributed by atoms with E-state index in [0.29, 0.717) is 29.1 Å². The molecule has 0 aliphatic carbocycles. The molecule has 1 heterocycles. The van der Waals surface area contributed by atoms with E-state index in [9.17, 15) is 16.8 Å². The van der Waals surface area contributed by atoms with E-state index in [2.05, 4.69) is 9.71 Å². The number of fused-ring (bicyclic) bond motifs is 1. The van der Waals surface area contributed by atoms with Gasteiger partial charge in [-0.05, 0) is 36.6 Å². The first-order chi connectivity index (χ1) is 12.4. The molecule has 0 amide bonds. The molecular formula is C17H17ClN2O4S2. The number of thiol groups is 1. The highest BCUT2D eigenvalue weighted by Gasteiger charge is 2.16. The van der Waals surface area contributed by atoms with Crippen molar-refractivity contribution in [1.29, 1.82) is 0 Å². The quantitative estimate of drug-likeness (QED) is 0.519. The van der Waals surface area contributed by atoms with Gasteiger partial charge in [0.05, 0.1) is 21.1 Å². The van der Waals surface area contributed by atoms with Crippen LogP contribution in [0.15, 0.2) is 53.6 Å². The van der Waals surface area contributed by atoms with Crippen molar-refractivity contribution in [3.05, 3.63) is 59.2 Å². The van der Waals surface area contributed by atoms with Crippen molar-refractivity contribution in [1.82, 2.24) is 4.98 Å². The maximum absolute atomic E-state index is 12.6. The summed E-state index contributed by atoms with van der Waals surface area (Å²) in [5.41, 5.74) is 1.92. The molecule has 0 aliphatic rings. The van der Waals surface area contributed by atoms with Crippen molar-refractivity contribution in [3.63, 3.8) is 0 Å². The Hall–Kier alpha value is -2.03. The Labute approximate surface area is 158 Å². The molecule has 0 spiro atoms. The van der Waals surface area contributed by atoms with Crippen molar-refractivity contribution in [2.45, 2.75) is 17.7 Å². The average molecular weight is 413 g/mol. The third kappa shape index (κ3) is 4.20. The lowest BCUT2D eigenvalue weighted by molar-refractivity contribution is 0.601. The predicted molar refractivity (Wildman–Crippen MR) is 104 cm³/mol. The fourth-order valence-corrected chi connectivity index (χ4v) is 4.36. The van der Waals surface area contributed by atoms with E-state index in [1.807, 2.05) is 0 Å². The van der Waals surface area contributed by atoms with Crippen LogP contribution in [0.2, 0.25) is 5.02 Å². The molecule has 26 heavy (non-hydrogen) atoms. The number of hydrogen-bond acceptors (Lipinski definition) is 4. The van der Waals surface area contributed by atoms with E-state index in [-0.39, 0.29) is 10.6 Å². The molecule has 2 aromatic carbocycles. The highest BCUT2D eigenvalue weighted by Crippen LogP contribution is 2.29. The molecule has 3 rings (SSSR count). The lowest BCUT2D eigenvalue weighted by Crippen LogP contribution is -2.13. The molecule has 0 saturated heterocycles. The number of para-hydroxylation sites is 1. The molecule has 138 valence electrons. The summed E-state index contributed by atoms with van der Waals surface area (Å²) in [5.74, 6) is 0.125. The van der Waals surface area contributed by atoms with E-state index < -0.39 is 20.7 Å². The van der Waals surface area contributed by atoms with Gasteiger partial charge in [-0.3, -0.25) is 4.72 Å². The van der Waals surface area contributed by atoms with Crippen LogP contribution in [0.1, 0.15) is 12.0 Å². The van der Waals surface area contributed by atoms with Crippen LogP contribution in [0, 0.1) is 0 Å². The lowest BCUT2D eigenvalue weighted by atomic mass is 10.1. The van der Waals surface area contributed by atoms with Gasteiger partial charge in [-0.1, -0.05) is 35.9 Å². The molecule has 3 aromatic rings. The Bertz CT molecular complexity index is 1100. The second kappa shape index (κ2) is 7.69. The van der Waals surface area contributed by atoms with Crippen LogP contribution in [0.5, 0.6) is 0 Å². The van der Waals surface area contributed by atoms with E-state index in [1.54, 1.807) is 36.5 Å². The normalized spacial score (nSPS) is 11.9. The van der Waals surface area contributed by atoms with Crippen LogP contribution < -0.4 is 4.72 Å². The SMILES string of the molecule is O=[SH](=O)CCCc1ccc(S(=O)(=O)Nc2cccc3c(Cl)c[nH]c23)cc1. The summed E-state index contributed by atoms with van der Waals surface area (Å²) < 4.78 is 49.0. The molecule has 0 atom stereocenters. The second-order valence-corrected chi connectivity index (χ2v) is 8.98. The summed E-state index contributed by atoms with van der Waals surface area (Å²) >= 11 is 6.06. The fraction of sp³-hybridized carbons (Fsp3) is 0.176. The minimum atomic E-state index is -3.76. The van der Waals surface area contributed by atoms with Crippen LogP contribution >= 0.6 is 11.6 Å². The van der Waals surface area contributed by atoms with Crippen LogP contribution in [-0.4, -0.2) is 27.6 Å². The molecule has 0 unspecified atom stereocenters. The molecule has 0 fully saturated rings. The van der Waals surface area contributed by atoms with Crippen LogP contribution in [0.25, 0.3) is 10.9 Å². The Kier molecular flexibility index (Phi) is 5.55. The maximum Gasteiger partial charge on any atom is 0.261 e. The molecule has 0 radical (unpaired) electrons. The topological polar surface area (TPSA) is 96.1 Å². The molecule has 0 aliphatic heterocycles. The number of rotatable bonds is 7. The van der Waals surface area contributed by atoms with Gasteiger partial charge in [0.2, 0.25) is 0 Å². The third-order valence-electron chi connectivity index (χ3n) is 3.95. The number of aromatic amines is 1. The first kappa shape index (κ1) is 18.8. The summed E-state index contributed by atoms with van der Waals surface area (Å²) in [7, 11) is -6.14. The van der Waals surface area contributed by atoms with E-state index in [0.717, 1.165) is 10.9 Å². The summed E-state index contributed by atoms with van der Waals surface area (Å²) in [6, 6.07) is 11.6. The van der Waals surface area contributed by atoms with Crippen molar-refractivity contribution in [2.75, 3.05) is 10.5 Å². The monoisotopic (exact) mass is 412 g/mol. The van der Waals surface area contributed by atoms with Crippen molar-refractivity contribution in [2.24, 2.45) is 0 Å². The zero-order chi connectivity index (χ0) is 18.7. The zero-order valence-electron chi connectivity index (χ0n) is 13.6. The van der Waals surface area contributed by atoms with Crippen molar-refractivity contribution < 1.29 is 16.8 Å². The van der Waals surface area contributed by atoms with Gasteiger partial charge in [-0.25, -0.2) is 16.8 Å². The molecule has 9 heteroatoms. The van der Waals surface area contributed by atoms with Gasteiger partial charge < -0.3 is 4.98 Å². The predicted octanol–water partition coefficient (Wildman–Crippen LogP) is 3.17. The van der Waals surface area contributed by atoms with Gasteiger partial charge in [-0.15, -0.1) is 0 Å². The average Bonchev–Trinajstić information content (AvgIpc) is 2.97. The first-order valence-corrected chi connectivity index (χ1v) is 11.1. The maximum atomic E-state index is 12.6. The first-order valence-electron chi connectivity index (χ1n) is 7.86. The molecule has 1 aromatic heterocycles. The summed E-state index contributed by atoms with van der Waals surface area (Å²) in [5, 5.41) is 1.25. The van der Waals surface area contributed by atoms with Gasteiger partial charge >= 0.3 is 0 Å². The summed E-state index contributed by atoms with van der Waals surface area (Å²) in [6.45, 7) is 0. The number of sulfonamides is 1. The van der Waals surface area contributed by atoms with Gasteiger partial charge in [0.25, 0.3) is 10.0 Å². The molecule has 0 bridgehead atoms. The summed E-state index contributed by atoms with van der Waals surface area (Å²) in [6.07, 6.45) is 2.70. The zero-order valence-corrected chi connectivity index (χ0v) is 16.1. The largest absolute Gasteiger partial charge is 0.358 e. The minimum Gasteiger partial charge on any atom is -0.358 e. The minimum absolute atomic E-state index is 0.125. The number of aryl methyl sites for hydroxylation is 1. The van der Waals surface area contributed by atoms with Gasteiger partial charge in [-0.2, -0.15) is 0 Å². The highest BCUT2D eigenvalue weighted by atomic mass is 35.5. The smallest absolute Gasteiger partial charge is 0.261 e. The number of anilines is 1. The number of benzene rings is 2. The molecule has 6 nitrogen and oxygen atoms in total. The molecule has 0 saturated carbocycles. The number of aromatic nitrogens is 1. The van der Waals surface area contributed by atoms with Gasteiger partial charge in [0.1, 0.15) is 10.7 Å². The standard InChI is InChI=1S/C17H17ClN2O4S2/c18-15-11-19-17-14(15)4-1-5-16(17)20-26(23,24)13-8-6-12(7-9-13)3-2-10-25(21)22/h1,4-9,11,19-20,25H,2-3,10H2. The van der Waals surface area contributed by atoms with Gasteiger partial charge in [0.15, 0.2) is 0 Å². The van der Waals surface area contributed by atoms with Crippen LogP contribution in [0.4, 0.5) is 5.69 Å². The lowest BCUT2D eigenvalue weighted by Gasteiger charge is -2.10. The third-order valence-corrected chi connectivity index (χ3v) is 6.32. The van der Waals surface area contributed by atoms with E-state index in [1.165, 1.54) is 12.1 Å². The number of nitrogens with one attached hydrogen (secondary N) is 2. The van der Waals surface area contributed by atoms with Crippen LogP contribution in [-0.2, 0) is 27.1 Å². The molecular weight excluding hydrogens is 396 g/mol. The number of H-pyrrole nitrogens is 1.